The monoisotopic (exact) mass is 208 g/mol. The summed E-state index contributed by atoms with van der Waals surface area (Å²) in [6.07, 6.45) is 0.126. The Hall–Kier alpha value is 0.890. The van der Waals surface area contributed by atoms with Crippen molar-refractivity contribution in [3.8, 4) is 0 Å². The first-order valence-electron chi connectivity index (χ1n) is 2.64. The third kappa shape index (κ3) is 23.1. The van der Waals surface area contributed by atoms with Crippen LogP contribution in [0.1, 0.15) is 13.3 Å². The van der Waals surface area contributed by atoms with Gasteiger partial charge in [0.1, 0.15) is 0 Å². The SMILES string of the molecule is CCC(O)CO.OP(Cl)Cl. The maximum absolute atomic E-state index is 8.42. The Kier molecular flexibility index (Phi) is 13.3. The predicted molar refractivity (Wildman–Crippen MR) is 44.2 cm³/mol. The van der Waals surface area contributed by atoms with E-state index < -0.39 is 13.0 Å². The molecule has 10 heavy (non-hydrogen) atoms. The Labute approximate surface area is 71.0 Å². The van der Waals surface area contributed by atoms with Crippen LogP contribution in [0.25, 0.3) is 0 Å². The molecule has 0 radical (unpaired) electrons. The van der Waals surface area contributed by atoms with Gasteiger partial charge in [0.2, 0.25) is 6.85 Å². The number of hydrogen-bond acceptors (Lipinski definition) is 3. The Morgan fingerprint density at radius 1 is 1.50 bits per heavy atom. The van der Waals surface area contributed by atoms with E-state index in [4.69, 9.17) is 15.1 Å². The van der Waals surface area contributed by atoms with Crippen LogP contribution in [-0.4, -0.2) is 27.8 Å². The molecule has 3 nitrogen and oxygen atoms in total. The highest BCUT2D eigenvalue weighted by atomic mass is 35.9. The predicted octanol–water partition coefficient (Wildman–Crippen LogP) is 1.43. The molecule has 0 fully saturated rings. The van der Waals surface area contributed by atoms with Crippen LogP contribution in [0.3, 0.4) is 0 Å². The molecule has 0 bridgehead atoms. The van der Waals surface area contributed by atoms with Crippen molar-refractivity contribution in [2.45, 2.75) is 19.4 Å². The van der Waals surface area contributed by atoms with E-state index >= 15 is 0 Å². The molecule has 0 aromatic heterocycles. The normalized spacial score (nSPS) is 12.3. The summed E-state index contributed by atoms with van der Waals surface area (Å²) >= 11 is 9.32. The second-order valence-corrected chi connectivity index (χ2v) is 4.33. The minimum Gasteiger partial charge on any atom is -0.394 e. The molecule has 0 saturated heterocycles. The van der Waals surface area contributed by atoms with Gasteiger partial charge in [-0.2, -0.15) is 0 Å². The van der Waals surface area contributed by atoms with Crippen molar-refractivity contribution in [1.82, 2.24) is 0 Å². The van der Waals surface area contributed by atoms with E-state index in [-0.39, 0.29) is 6.61 Å². The molecule has 0 aliphatic heterocycles. The molecular weight excluding hydrogens is 198 g/mol. The molecule has 0 spiro atoms. The zero-order valence-corrected chi connectivity index (χ0v) is 7.94. The van der Waals surface area contributed by atoms with E-state index in [0.29, 0.717) is 6.42 Å². The largest absolute Gasteiger partial charge is 0.394 e. The van der Waals surface area contributed by atoms with Gasteiger partial charge in [-0.3, -0.25) is 0 Å². The molecule has 3 N–H and O–H groups in total. The molecule has 0 saturated carbocycles. The Bertz CT molecular complexity index is 57.7. The fraction of sp³-hybridized carbons (Fsp3) is 1.00. The average molecular weight is 209 g/mol. The molecule has 1 unspecified atom stereocenters. The van der Waals surface area contributed by atoms with Crippen molar-refractivity contribution in [2.24, 2.45) is 0 Å². The molecule has 1 atom stereocenters. The van der Waals surface area contributed by atoms with Gasteiger partial charge >= 0.3 is 0 Å². The van der Waals surface area contributed by atoms with Crippen molar-refractivity contribution < 1.29 is 15.1 Å². The number of halogens is 2. The molecule has 0 aromatic rings. The van der Waals surface area contributed by atoms with Gasteiger partial charge < -0.3 is 15.1 Å². The maximum atomic E-state index is 8.42. The van der Waals surface area contributed by atoms with E-state index in [1.54, 1.807) is 0 Å². The Morgan fingerprint density at radius 3 is 1.80 bits per heavy atom. The lowest BCUT2D eigenvalue weighted by Crippen LogP contribution is -2.08. The first kappa shape index (κ1) is 13.5. The Morgan fingerprint density at radius 2 is 1.80 bits per heavy atom. The third-order valence-corrected chi connectivity index (χ3v) is 0.682. The topological polar surface area (TPSA) is 60.7 Å². The summed E-state index contributed by atoms with van der Waals surface area (Å²) in [6.45, 7) is 0.0298. The van der Waals surface area contributed by atoms with Crippen LogP contribution in [0, 0.1) is 0 Å². The molecule has 0 heterocycles. The van der Waals surface area contributed by atoms with Crippen molar-refractivity contribution >= 4 is 29.3 Å². The second kappa shape index (κ2) is 9.89. The first-order chi connectivity index (χ1) is 4.54. The molecule has 64 valence electrons. The number of aliphatic hydroxyl groups is 2. The first-order valence-corrected chi connectivity index (χ1v) is 5.74. The smallest absolute Gasteiger partial charge is 0.222 e. The number of aliphatic hydroxyl groups excluding tert-OH is 2. The van der Waals surface area contributed by atoms with E-state index in [0.717, 1.165) is 0 Å². The zero-order chi connectivity index (χ0) is 8.57. The summed E-state index contributed by atoms with van der Waals surface area (Å²) in [6, 6.07) is 0. The highest BCUT2D eigenvalue weighted by Crippen LogP contribution is 2.40. The van der Waals surface area contributed by atoms with Gasteiger partial charge in [0.15, 0.2) is 0 Å². The summed E-state index contributed by atoms with van der Waals surface area (Å²) in [5.74, 6) is 0. The van der Waals surface area contributed by atoms with Crippen molar-refractivity contribution in [3.05, 3.63) is 0 Å². The van der Waals surface area contributed by atoms with Crippen LogP contribution < -0.4 is 0 Å². The van der Waals surface area contributed by atoms with Gasteiger partial charge in [-0.1, -0.05) is 6.92 Å². The van der Waals surface area contributed by atoms with Gasteiger partial charge in [-0.25, -0.2) is 0 Å². The summed E-state index contributed by atoms with van der Waals surface area (Å²) in [4.78, 5) is 7.65. The van der Waals surface area contributed by atoms with Crippen LogP contribution in [0.5, 0.6) is 0 Å². The van der Waals surface area contributed by atoms with Gasteiger partial charge in [-0.05, 0) is 28.9 Å². The quantitative estimate of drug-likeness (QED) is 0.603. The Balaban J connectivity index is 0. The molecular formula is C4H11Cl2O3P. The van der Waals surface area contributed by atoms with Crippen molar-refractivity contribution in [3.63, 3.8) is 0 Å². The lowest BCUT2D eigenvalue weighted by atomic mass is 10.3. The number of hydrogen-bond donors (Lipinski definition) is 3. The second-order valence-electron chi connectivity index (χ2n) is 1.46. The maximum Gasteiger partial charge on any atom is 0.222 e. The summed E-state index contributed by atoms with van der Waals surface area (Å²) in [5.41, 5.74) is 0. The fourth-order valence-electron chi connectivity index (χ4n) is 0.129. The van der Waals surface area contributed by atoms with Crippen LogP contribution in [0.15, 0.2) is 0 Å². The summed E-state index contributed by atoms with van der Waals surface area (Å²) < 4.78 is 0. The van der Waals surface area contributed by atoms with E-state index in [2.05, 4.69) is 22.5 Å². The van der Waals surface area contributed by atoms with Crippen molar-refractivity contribution in [1.29, 1.82) is 0 Å². The molecule has 0 amide bonds. The van der Waals surface area contributed by atoms with Crippen molar-refractivity contribution in [2.75, 3.05) is 6.61 Å². The standard InChI is InChI=1S/C4H10O2.Cl2HOP/c1-2-4(6)3-5;1-4(2)3/h4-6H,2-3H2,1H3;3H. The molecule has 0 rings (SSSR count). The lowest BCUT2D eigenvalue weighted by Gasteiger charge is -1.97. The highest BCUT2D eigenvalue weighted by molar-refractivity contribution is 7.99. The van der Waals surface area contributed by atoms with Crippen LogP contribution in [0.2, 0.25) is 0 Å². The fourth-order valence-corrected chi connectivity index (χ4v) is 0.129. The van der Waals surface area contributed by atoms with Crippen LogP contribution >= 0.6 is 29.3 Å². The zero-order valence-electron chi connectivity index (χ0n) is 5.54. The minimum absolute atomic E-state index is 0.115. The van der Waals surface area contributed by atoms with E-state index in [9.17, 15) is 0 Å². The number of rotatable bonds is 2. The summed E-state index contributed by atoms with van der Waals surface area (Å²) in [5, 5.41) is 16.5. The highest BCUT2D eigenvalue weighted by Gasteiger charge is 1.92. The molecule has 0 aromatic carbocycles. The van der Waals surface area contributed by atoms with Gasteiger partial charge in [-0.15, -0.1) is 0 Å². The van der Waals surface area contributed by atoms with E-state index in [1.807, 2.05) is 6.92 Å². The summed E-state index contributed by atoms with van der Waals surface area (Å²) in [7, 11) is 0. The molecule has 0 aliphatic rings. The van der Waals surface area contributed by atoms with Gasteiger partial charge in [0, 0.05) is 0 Å². The van der Waals surface area contributed by atoms with Gasteiger partial charge in [0.05, 0.1) is 12.7 Å². The average Bonchev–Trinajstić information content (AvgIpc) is 1.85. The van der Waals surface area contributed by atoms with E-state index in [1.165, 1.54) is 0 Å². The third-order valence-electron chi connectivity index (χ3n) is 0.682. The molecule has 0 aliphatic carbocycles. The molecule has 6 heteroatoms. The van der Waals surface area contributed by atoms with Crippen LogP contribution in [0.4, 0.5) is 0 Å². The minimum atomic E-state index is -1.68. The van der Waals surface area contributed by atoms with Crippen LogP contribution in [-0.2, 0) is 0 Å². The van der Waals surface area contributed by atoms with Gasteiger partial charge in [0.25, 0.3) is 0 Å². The lowest BCUT2D eigenvalue weighted by molar-refractivity contribution is 0.0923.